The van der Waals surface area contributed by atoms with Crippen LogP contribution in [-0.4, -0.2) is 25.6 Å². The molecule has 22 heavy (non-hydrogen) atoms. The summed E-state index contributed by atoms with van der Waals surface area (Å²) in [5.74, 6) is 0.893. The van der Waals surface area contributed by atoms with Crippen LogP contribution < -0.4 is 4.74 Å². The van der Waals surface area contributed by atoms with E-state index in [-0.39, 0.29) is 11.9 Å². The zero-order valence-corrected chi connectivity index (χ0v) is 13.6. The van der Waals surface area contributed by atoms with E-state index in [4.69, 9.17) is 14.2 Å². The Morgan fingerprint density at radius 1 is 1.18 bits per heavy atom. The zero-order valence-electron chi connectivity index (χ0n) is 13.6. The molecule has 2 fully saturated rings. The second-order valence-electron chi connectivity index (χ2n) is 6.20. The molecule has 3 heteroatoms. The van der Waals surface area contributed by atoms with Crippen molar-refractivity contribution in [1.82, 2.24) is 0 Å². The minimum absolute atomic E-state index is 0.0763. The van der Waals surface area contributed by atoms with Gasteiger partial charge in [0.05, 0.1) is 12.7 Å². The highest BCUT2D eigenvalue weighted by Crippen LogP contribution is 2.46. The van der Waals surface area contributed by atoms with Gasteiger partial charge in [0.2, 0.25) is 0 Å². The van der Waals surface area contributed by atoms with Crippen molar-refractivity contribution in [3.05, 3.63) is 35.4 Å². The standard InChI is InChI=1S/C19H26O3/c1-3-21-18-14-16(19(22-18)11-5-4-6-12-19)13-15-7-9-17(20-2)10-8-15/h7-10,13,18H,3-6,11-12,14H2,1-2H3/b16-13+. The molecule has 2 aliphatic rings. The summed E-state index contributed by atoms with van der Waals surface area (Å²) in [5.41, 5.74) is 2.52. The normalized spacial score (nSPS) is 25.7. The molecule has 1 aliphatic carbocycles. The molecule has 0 radical (unpaired) electrons. The summed E-state index contributed by atoms with van der Waals surface area (Å²) in [6.07, 6.45) is 9.17. The smallest absolute Gasteiger partial charge is 0.162 e. The van der Waals surface area contributed by atoms with Crippen molar-refractivity contribution in [2.75, 3.05) is 13.7 Å². The summed E-state index contributed by atoms with van der Waals surface area (Å²) in [5, 5.41) is 0. The van der Waals surface area contributed by atoms with Gasteiger partial charge in [-0.25, -0.2) is 0 Å². The number of benzene rings is 1. The van der Waals surface area contributed by atoms with Crippen LogP contribution in [0.4, 0.5) is 0 Å². The maximum atomic E-state index is 6.34. The van der Waals surface area contributed by atoms with Gasteiger partial charge in [-0.2, -0.15) is 0 Å². The van der Waals surface area contributed by atoms with Crippen LogP contribution in [0.1, 0.15) is 51.0 Å². The largest absolute Gasteiger partial charge is 0.497 e. The van der Waals surface area contributed by atoms with Crippen molar-refractivity contribution < 1.29 is 14.2 Å². The van der Waals surface area contributed by atoms with Crippen molar-refractivity contribution in [2.45, 2.75) is 57.3 Å². The van der Waals surface area contributed by atoms with Crippen LogP contribution in [0.2, 0.25) is 0 Å². The van der Waals surface area contributed by atoms with Crippen LogP contribution >= 0.6 is 0 Å². The molecule has 1 spiro atoms. The molecule has 0 bridgehead atoms. The Kier molecular flexibility index (Phi) is 4.84. The molecule has 1 aromatic carbocycles. The average molecular weight is 302 g/mol. The summed E-state index contributed by atoms with van der Waals surface area (Å²) in [7, 11) is 1.70. The third-order valence-corrected chi connectivity index (χ3v) is 4.80. The molecule has 0 N–H and O–H groups in total. The predicted octanol–water partition coefficient (Wildman–Crippen LogP) is 4.56. The van der Waals surface area contributed by atoms with Crippen molar-refractivity contribution in [3.8, 4) is 5.75 Å². The van der Waals surface area contributed by atoms with Gasteiger partial charge in [-0.15, -0.1) is 0 Å². The molecule has 120 valence electrons. The van der Waals surface area contributed by atoms with Gasteiger partial charge in [0.25, 0.3) is 0 Å². The first kappa shape index (κ1) is 15.6. The topological polar surface area (TPSA) is 27.7 Å². The first-order valence-corrected chi connectivity index (χ1v) is 8.40. The Balaban J connectivity index is 1.85. The van der Waals surface area contributed by atoms with Crippen LogP contribution in [0.3, 0.4) is 0 Å². The fraction of sp³-hybridized carbons (Fsp3) is 0.579. The second-order valence-corrected chi connectivity index (χ2v) is 6.20. The molecular weight excluding hydrogens is 276 g/mol. The number of hydrogen-bond acceptors (Lipinski definition) is 3. The molecule has 3 nitrogen and oxygen atoms in total. The third kappa shape index (κ3) is 3.21. The van der Waals surface area contributed by atoms with Gasteiger partial charge in [-0.3, -0.25) is 0 Å². The van der Waals surface area contributed by atoms with E-state index in [1.807, 2.05) is 19.1 Å². The fourth-order valence-corrected chi connectivity index (χ4v) is 3.67. The molecule has 1 atom stereocenters. The van der Waals surface area contributed by atoms with Crippen molar-refractivity contribution in [2.24, 2.45) is 0 Å². The summed E-state index contributed by atoms with van der Waals surface area (Å²) >= 11 is 0. The van der Waals surface area contributed by atoms with Gasteiger partial charge < -0.3 is 14.2 Å². The lowest BCUT2D eigenvalue weighted by Gasteiger charge is -2.34. The highest BCUT2D eigenvalue weighted by Gasteiger charge is 2.45. The Morgan fingerprint density at radius 3 is 2.55 bits per heavy atom. The van der Waals surface area contributed by atoms with E-state index in [2.05, 4.69) is 18.2 Å². The third-order valence-electron chi connectivity index (χ3n) is 4.80. The zero-order chi connectivity index (χ0) is 15.4. The Hall–Kier alpha value is -1.32. The van der Waals surface area contributed by atoms with E-state index in [1.165, 1.54) is 30.4 Å². The van der Waals surface area contributed by atoms with E-state index in [1.54, 1.807) is 7.11 Å². The summed E-state index contributed by atoms with van der Waals surface area (Å²) in [6, 6.07) is 8.23. The quantitative estimate of drug-likeness (QED) is 0.815. The molecule has 0 amide bonds. The lowest BCUT2D eigenvalue weighted by molar-refractivity contribution is -0.170. The van der Waals surface area contributed by atoms with E-state index >= 15 is 0 Å². The number of ether oxygens (including phenoxy) is 3. The molecule has 0 aromatic heterocycles. The molecule has 1 heterocycles. The van der Waals surface area contributed by atoms with Crippen molar-refractivity contribution in [3.63, 3.8) is 0 Å². The molecule has 1 saturated heterocycles. The van der Waals surface area contributed by atoms with Gasteiger partial charge in [0.1, 0.15) is 5.75 Å². The van der Waals surface area contributed by atoms with Crippen LogP contribution in [-0.2, 0) is 9.47 Å². The monoisotopic (exact) mass is 302 g/mol. The average Bonchev–Trinajstić information content (AvgIpc) is 2.86. The Labute approximate surface area is 133 Å². The maximum absolute atomic E-state index is 6.34. The lowest BCUT2D eigenvalue weighted by atomic mass is 9.79. The van der Waals surface area contributed by atoms with E-state index < -0.39 is 0 Å². The SMILES string of the molecule is CCOC1C/C(=C\c2ccc(OC)cc2)C2(CCCCC2)O1. The fourth-order valence-electron chi connectivity index (χ4n) is 3.67. The molecule has 1 aromatic rings. The van der Waals surface area contributed by atoms with E-state index in [9.17, 15) is 0 Å². The van der Waals surface area contributed by atoms with Gasteiger partial charge in [0.15, 0.2) is 6.29 Å². The summed E-state index contributed by atoms with van der Waals surface area (Å²) < 4.78 is 17.3. The summed E-state index contributed by atoms with van der Waals surface area (Å²) in [6.45, 7) is 2.73. The molecular formula is C19H26O3. The molecule has 1 aliphatic heterocycles. The predicted molar refractivity (Wildman–Crippen MR) is 87.9 cm³/mol. The van der Waals surface area contributed by atoms with Crippen molar-refractivity contribution >= 4 is 6.08 Å². The second kappa shape index (κ2) is 6.84. The molecule has 1 unspecified atom stereocenters. The minimum atomic E-state index is -0.0853. The van der Waals surface area contributed by atoms with Crippen LogP contribution in [0.15, 0.2) is 29.8 Å². The Bertz CT molecular complexity index is 512. The number of rotatable bonds is 4. The molecule has 1 saturated carbocycles. The van der Waals surface area contributed by atoms with E-state index in [0.29, 0.717) is 6.61 Å². The minimum Gasteiger partial charge on any atom is -0.497 e. The van der Waals surface area contributed by atoms with Crippen molar-refractivity contribution in [1.29, 1.82) is 0 Å². The van der Waals surface area contributed by atoms with Crippen LogP contribution in [0, 0.1) is 0 Å². The first-order valence-electron chi connectivity index (χ1n) is 8.40. The highest BCUT2D eigenvalue weighted by atomic mass is 16.7. The van der Waals surface area contributed by atoms with Gasteiger partial charge >= 0.3 is 0 Å². The lowest BCUT2D eigenvalue weighted by Crippen LogP contribution is -2.33. The van der Waals surface area contributed by atoms with Crippen LogP contribution in [0.25, 0.3) is 6.08 Å². The molecule has 3 rings (SSSR count). The number of methoxy groups -OCH3 is 1. The Morgan fingerprint density at radius 2 is 1.91 bits per heavy atom. The summed E-state index contributed by atoms with van der Waals surface area (Å²) in [4.78, 5) is 0. The van der Waals surface area contributed by atoms with Crippen LogP contribution in [0.5, 0.6) is 5.75 Å². The van der Waals surface area contributed by atoms with E-state index in [0.717, 1.165) is 25.0 Å². The first-order chi connectivity index (χ1) is 10.8. The van der Waals surface area contributed by atoms with Gasteiger partial charge in [0, 0.05) is 13.0 Å². The van der Waals surface area contributed by atoms with Gasteiger partial charge in [-0.1, -0.05) is 37.5 Å². The maximum Gasteiger partial charge on any atom is 0.162 e. The van der Waals surface area contributed by atoms with Gasteiger partial charge in [-0.05, 0) is 43.0 Å². The highest BCUT2D eigenvalue weighted by molar-refractivity contribution is 5.57. The number of hydrogen-bond donors (Lipinski definition) is 0.